The zero-order valence-electron chi connectivity index (χ0n) is 17.6. The first-order valence-corrected chi connectivity index (χ1v) is 10.0. The van der Waals surface area contributed by atoms with Crippen LogP contribution in [0.1, 0.15) is 45.1 Å². The Morgan fingerprint density at radius 3 is 2.84 bits per heavy atom. The van der Waals surface area contributed by atoms with Crippen molar-refractivity contribution in [2.75, 3.05) is 13.1 Å². The van der Waals surface area contributed by atoms with E-state index in [-0.39, 0.29) is 30.4 Å². The first-order chi connectivity index (χ1) is 14.8. The lowest BCUT2D eigenvalue weighted by Crippen LogP contribution is -2.43. The van der Waals surface area contributed by atoms with Crippen molar-refractivity contribution in [3.8, 4) is 17.7 Å². The van der Waals surface area contributed by atoms with Crippen LogP contribution in [0.15, 0.2) is 27.3 Å². The monoisotopic (exact) mass is 425 g/mol. The molecule has 31 heavy (non-hydrogen) atoms. The van der Waals surface area contributed by atoms with E-state index >= 15 is 0 Å². The van der Waals surface area contributed by atoms with E-state index in [4.69, 9.17) is 23.7 Å². The van der Waals surface area contributed by atoms with Crippen molar-refractivity contribution >= 4 is 17.1 Å². The molecule has 1 amide bonds. The van der Waals surface area contributed by atoms with E-state index in [2.05, 4.69) is 15.1 Å². The summed E-state index contributed by atoms with van der Waals surface area (Å²) >= 11 is 0. The second-order valence-corrected chi connectivity index (χ2v) is 8.29. The van der Waals surface area contributed by atoms with Crippen LogP contribution in [0.5, 0.6) is 0 Å². The van der Waals surface area contributed by atoms with Crippen LogP contribution in [0, 0.1) is 11.3 Å². The minimum absolute atomic E-state index is 0.00361. The molecule has 0 aliphatic carbocycles. The Kier molecular flexibility index (Phi) is 5.61. The molecule has 0 aromatic carbocycles. The number of hydrogen-bond donors (Lipinski definition) is 0. The van der Waals surface area contributed by atoms with Crippen LogP contribution >= 0.6 is 0 Å². The third kappa shape index (κ3) is 4.83. The molecule has 0 bridgehead atoms. The number of amides is 1. The highest BCUT2D eigenvalue weighted by Gasteiger charge is 2.27. The van der Waals surface area contributed by atoms with Gasteiger partial charge in [0.1, 0.15) is 23.9 Å². The Labute approximate surface area is 178 Å². The summed E-state index contributed by atoms with van der Waals surface area (Å²) in [6.07, 6.45) is 2.62. The molecule has 0 atom stereocenters. The molecule has 4 rings (SSSR count). The predicted octanol–water partition coefficient (Wildman–Crippen LogP) is 3.67. The molecule has 0 spiro atoms. The number of nitriles is 1. The van der Waals surface area contributed by atoms with Gasteiger partial charge in [-0.25, -0.2) is 9.78 Å². The summed E-state index contributed by atoms with van der Waals surface area (Å²) in [5.74, 6) is 0.964. The van der Waals surface area contributed by atoms with Gasteiger partial charge >= 0.3 is 6.09 Å². The van der Waals surface area contributed by atoms with Crippen LogP contribution in [0.2, 0.25) is 0 Å². The van der Waals surface area contributed by atoms with E-state index in [0.29, 0.717) is 48.5 Å². The Hall–Kier alpha value is -3.45. The number of aromatic nitrogens is 3. The summed E-state index contributed by atoms with van der Waals surface area (Å²) in [7, 11) is 0. The highest BCUT2D eigenvalue weighted by molar-refractivity contribution is 5.85. The Morgan fingerprint density at radius 2 is 2.13 bits per heavy atom. The van der Waals surface area contributed by atoms with E-state index in [1.165, 1.54) is 6.20 Å². The number of piperidine rings is 1. The van der Waals surface area contributed by atoms with E-state index in [1.54, 1.807) is 17.0 Å². The molecule has 3 aromatic heterocycles. The van der Waals surface area contributed by atoms with Gasteiger partial charge in [-0.05, 0) is 39.7 Å². The zero-order chi connectivity index (χ0) is 22.0. The SMILES string of the molecule is CC(C)(C)OC(=O)N1CCC(OCc2noc(-c3cc4c(C#N)nccc4o3)n2)CC1. The Balaban J connectivity index is 1.32. The number of carbonyl (C=O) groups is 1. The maximum absolute atomic E-state index is 12.1. The van der Waals surface area contributed by atoms with Gasteiger partial charge in [-0.15, -0.1) is 0 Å². The molecular formula is C21H23N5O5. The molecule has 1 saturated heterocycles. The Bertz CT molecular complexity index is 1120. The summed E-state index contributed by atoms with van der Waals surface area (Å²) in [5.41, 5.74) is 0.287. The number of nitrogens with zero attached hydrogens (tertiary/aromatic N) is 5. The van der Waals surface area contributed by atoms with Gasteiger partial charge in [0.2, 0.25) is 0 Å². The predicted molar refractivity (Wildman–Crippen MR) is 108 cm³/mol. The lowest BCUT2D eigenvalue weighted by molar-refractivity contribution is -0.0190. The minimum Gasteiger partial charge on any atom is -0.451 e. The fourth-order valence-electron chi connectivity index (χ4n) is 3.29. The number of rotatable bonds is 4. The molecule has 10 nitrogen and oxygen atoms in total. The van der Waals surface area contributed by atoms with Gasteiger partial charge in [0.25, 0.3) is 5.89 Å². The number of hydrogen-bond acceptors (Lipinski definition) is 9. The van der Waals surface area contributed by atoms with Crippen molar-refractivity contribution in [2.24, 2.45) is 0 Å². The summed E-state index contributed by atoms with van der Waals surface area (Å²) in [6, 6.07) is 5.36. The van der Waals surface area contributed by atoms with Gasteiger partial charge in [0.05, 0.1) is 11.5 Å². The highest BCUT2D eigenvalue weighted by Crippen LogP contribution is 2.28. The molecule has 1 aliphatic rings. The van der Waals surface area contributed by atoms with Gasteiger partial charge in [0, 0.05) is 25.4 Å². The first-order valence-electron chi connectivity index (χ1n) is 10.0. The number of fused-ring (bicyclic) bond motifs is 1. The number of carbonyl (C=O) groups excluding carboxylic acids is 1. The molecule has 1 aliphatic heterocycles. The van der Waals surface area contributed by atoms with Crippen molar-refractivity contribution in [2.45, 2.75) is 51.9 Å². The van der Waals surface area contributed by atoms with Gasteiger partial charge in [-0.1, -0.05) is 5.16 Å². The molecule has 0 saturated carbocycles. The van der Waals surface area contributed by atoms with Crippen molar-refractivity contribution in [1.82, 2.24) is 20.0 Å². The maximum atomic E-state index is 12.1. The molecular weight excluding hydrogens is 402 g/mol. The smallest absolute Gasteiger partial charge is 0.410 e. The summed E-state index contributed by atoms with van der Waals surface area (Å²) < 4.78 is 22.3. The summed E-state index contributed by atoms with van der Waals surface area (Å²) in [4.78, 5) is 22.2. The molecule has 1 fully saturated rings. The third-order valence-corrected chi connectivity index (χ3v) is 4.77. The van der Waals surface area contributed by atoms with E-state index in [1.807, 2.05) is 26.8 Å². The number of pyridine rings is 1. The van der Waals surface area contributed by atoms with Crippen LogP contribution in [-0.4, -0.2) is 50.9 Å². The summed E-state index contributed by atoms with van der Waals surface area (Å²) in [5, 5.41) is 13.7. The van der Waals surface area contributed by atoms with Crippen LogP contribution in [0.4, 0.5) is 4.79 Å². The van der Waals surface area contributed by atoms with E-state index in [0.717, 1.165) is 0 Å². The third-order valence-electron chi connectivity index (χ3n) is 4.77. The van der Waals surface area contributed by atoms with Crippen molar-refractivity contribution < 1.29 is 23.2 Å². The quantitative estimate of drug-likeness (QED) is 0.615. The van der Waals surface area contributed by atoms with Crippen LogP contribution in [0.3, 0.4) is 0 Å². The van der Waals surface area contributed by atoms with Gasteiger partial charge < -0.3 is 23.3 Å². The minimum atomic E-state index is -0.507. The van der Waals surface area contributed by atoms with E-state index < -0.39 is 5.60 Å². The largest absolute Gasteiger partial charge is 0.451 e. The molecule has 10 heteroatoms. The van der Waals surface area contributed by atoms with Gasteiger partial charge in [-0.3, -0.25) is 0 Å². The van der Waals surface area contributed by atoms with Gasteiger partial charge in [-0.2, -0.15) is 10.2 Å². The lowest BCUT2D eigenvalue weighted by Gasteiger charge is -2.33. The summed E-state index contributed by atoms with van der Waals surface area (Å²) in [6.45, 7) is 6.89. The average molecular weight is 425 g/mol. The molecule has 3 aromatic rings. The maximum Gasteiger partial charge on any atom is 0.410 e. The van der Waals surface area contributed by atoms with Crippen molar-refractivity contribution in [3.05, 3.63) is 29.8 Å². The highest BCUT2D eigenvalue weighted by atomic mass is 16.6. The fourth-order valence-corrected chi connectivity index (χ4v) is 3.29. The average Bonchev–Trinajstić information content (AvgIpc) is 3.38. The topological polar surface area (TPSA) is 128 Å². The van der Waals surface area contributed by atoms with Crippen LogP contribution in [0.25, 0.3) is 22.6 Å². The number of ether oxygens (including phenoxy) is 2. The molecule has 4 heterocycles. The second-order valence-electron chi connectivity index (χ2n) is 8.29. The zero-order valence-corrected chi connectivity index (χ0v) is 17.6. The van der Waals surface area contributed by atoms with Crippen LogP contribution < -0.4 is 0 Å². The first kappa shape index (κ1) is 20.8. The van der Waals surface area contributed by atoms with Gasteiger partial charge in [0.15, 0.2) is 17.3 Å². The Morgan fingerprint density at radius 1 is 1.35 bits per heavy atom. The van der Waals surface area contributed by atoms with Crippen molar-refractivity contribution in [1.29, 1.82) is 5.26 Å². The fraction of sp³-hybridized carbons (Fsp3) is 0.476. The molecule has 0 unspecified atom stereocenters. The second kappa shape index (κ2) is 8.35. The molecule has 162 valence electrons. The number of furan rings is 1. The number of likely N-dealkylation sites (tertiary alicyclic amines) is 1. The molecule has 0 N–H and O–H groups in total. The standard InChI is InChI=1S/C21H23N5O5/c1-21(2,3)30-20(27)26-8-5-13(6-9-26)28-12-18-24-19(31-25-18)17-10-14-15(11-22)23-7-4-16(14)29-17/h4,7,10,13H,5-6,8-9,12H2,1-3H3. The van der Waals surface area contributed by atoms with E-state index in [9.17, 15) is 4.79 Å². The molecule has 0 radical (unpaired) electrons. The normalized spacial score (nSPS) is 15.2. The lowest BCUT2D eigenvalue weighted by atomic mass is 10.1. The van der Waals surface area contributed by atoms with Crippen molar-refractivity contribution in [3.63, 3.8) is 0 Å². The van der Waals surface area contributed by atoms with Crippen LogP contribution in [-0.2, 0) is 16.1 Å².